The van der Waals surface area contributed by atoms with E-state index in [1.165, 1.54) is 0 Å². The molecule has 25 heavy (non-hydrogen) atoms. The Morgan fingerprint density at radius 3 is 2.76 bits per heavy atom. The summed E-state index contributed by atoms with van der Waals surface area (Å²) in [5.41, 5.74) is 4.70. The summed E-state index contributed by atoms with van der Waals surface area (Å²) in [4.78, 5) is 19.5. The Morgan fingerprint density at radius 2 is 2.00 bits per heavy atom. The number of nitrogens with one attached hydrogen (secondary N) is 1. The molecule has 2 N–H and O–H groups in total. The molecular weight excluding hydrogens is 316 g/mol. The number of imidazole rings is 1. The van der Waals surface area contributed by atoms with Crippen LogP contribution in [0, 0.1) is 6.92 Å². The van der Waals surface area contributed by atoms with Gasteiger partial charge in [-0.1, -0.05) is 18.2 Å². The summed E-state index contributed by atoms with van der Waals surface area (Å²) < 4.78 is 1.82. The number of carbonyl (C=O) groups is 1. The molecular formula is C19H16N4O2. The van der Waals surface area contributed by atoms with Crippen LogP contribution in [0.4, 0.5) is 0 Å². The molecule has 0 saturated carbocycles. The van der Waals surface area contributed by atoms with Crippen LogP contribution >= 0.6 is 0 Å². The molecule has 4 aromatic rings. The molecule has 0 unspecified atom stereocenters. The summed E-state index contributed by atoms with van der Waals surface area (Å²) in [6.07, 6.45) is 1.93. The predicted octanol–water partition coefficient (Wildman–Crippen LogP) is 2.90. The molecule has 0 aliphatic rings. The van der Waals surface area contributed by atoms with Crippen molar-refractivity contribution in [3.05, 3.63) is 66.0 Å². The highest BCUT2D eigenvalue weighted by Gasteiger charge is 2.14. The first-order valence-corrected chi connectivity index (χ1v) is 7.91. The van der Waals surface area contributed by atoms with Gasteiger partial charge in [0.1, 0.15) is 12.4 Å². The third-order valence-electron chi connectivity index (χ3n) is 4.12. The van der Waals surface area contributed by atoms with E-state index in [4.69, 9.17) is 5.11 Å². The zero-order chi connectivity index (χ0) is 17.4. The van der Waals surface area contributed by atoms with Crippen molar-refractivity contribution >= 4 is 16.8 Å². The number of para-hydroxylation sites is 1. The van der Waals surface area contributed by atoms with Crippen LogP contribution in [-0.4, -0.2) is 37.2 Å². The highest BCUT2D eigenvalue weighted by atomic mass is 16.3. The van der Waals surface area contributed by atoms with E-state index in [1.54, 1.807) is 18.2 Å². The number of nitrogens with zero attached hydrogens (tertiary/aromatic N) is 3. The largest absolute Gasteiger partial charge is 0.388 e. The van der Waals surface area contributed by atoms with Crippen molar-refractivity contribution in [3.63, 3.8) is 0 Å². The number of hydrogen-bond acceptors (Lipinski definition) is 4. The maximum absolute atomic E-state index is 11.7. The normalized spacial score (nSPS) is 11.1. The van der Waals surface area contributed by atoms with Gasteiger partial charge in [-0.15, -0.1) is 0 Å². The summed E-state index contributed by atoms with van der Waals surface area (Å²) >= 11 is 0. The van der Waals surface area contributed by atoms with Crippen LogP contribution in [-0.2, 0) is 0 Å². The van der Waals surface area contributed by atoms with Gasteiger partial charge in [0, 0.05) is 11.8 Å². The highest BCUT2D eigenvalue weighted by Crippen LogP contribution is 2.25. The molecule has 6 nitrogen and oxygen atoms in total. The zero-order valence-electron chi connectivity index (χ0n) is 13.6. The standard InChI is InChI=1S/C19H16N4O2/c1-12-15(10-23(22-12)14-5-3-2-4-6-14)19-20-16-8-7-13(18(25)11-24)9-17(16)21-19/h2-10,24H,11H2,1H3,(H,20,21). The van der Waals surface area contributed by atoms with Crippen LogP contribution < -0.4 is 0 Å². The molecule has 0 aliphatic heterocycles. The number of fused-ring (bicyclic) bond motifs is 1. The van der Waals surface area contributed by atoms with Crippen LogP contribution in [0.2, 0.25) is 0 Å². The minimum Gasteiger partial charge on any atom is -0.388 e. The first kappa shape index (κ1) is 15.3. The Hall–Kier alpha value is -3.25. The molecule has 0 radical (unpaired) electrons. The summed E-state index contributed by atoms with van der Waals surface area (Å²) in [5, 5.41) is 13.6. The van der Waals surface area contributed by atoms with Crippen molar-refractivity contribution in [2.24, 2.45) is 0 Å². The van der Waals surface area contributed by atoms with E-state index in [0.29, 0.717) is 11.4 Å². The summed E-state index contributed by atoms with van der Waals surface area (Å²) in [6.45, 7) is 1.43. The van der Waals surface area contributed by atoms with Gasteiger partial charge in [0.15, 0.2) is 5.78 Å². The molecule has 0 bridgehead atoms. The number of aryl methyl sites for hydroxylation is 1. The second-order valence-corrected chi connectivity index (χ2v) is 5.81. The smallest absolute Gasteiger partial charge is 0.188 e. The lowest BCUT2D eigenvalue weighted by Gasteiger charge is -1.98. The first-order valence-electron chi connectivity index (χ1n) is 7.91. The Kier molecular flexibility index (Phi) is 3.66. The monoisotopic (exact) mass is 332 g/mol. The topological polar surface area (TPSA) is 83.8 Å². The van der Waals surface area contributed by atoms with Gasteiger partial charge in [-0.3, -0.25) is 4.79 Å². The van der Waals surface area contributed by atoms with Crippen LogP contribution in [0.3, 0.4) is 0 Å². The Morgan fingerprint density at radius 1 is 1.20 bits per heavy atom. The van der Waals surface area contributed by atoms with Gasteiger partial charge in [0.05, 0.1) is 28.0 Å². The molecule has 2 heterocycles. The van der Waals surface area contributed by atoms with Crippen LogP contribution in [0.5, 0.6) is 0 Å². The lowest BCUT2D eigenvalue weighted by molar-refractivity contribution is 0.0904. The summed E-state index contributed by atoms with van der Waals surface area (Å²) in [7, 11) is 0. The van der Waals surface area contributed by atoms with Crippen LogP contribution in [0.1, 0.15) is 16.1 Å². The molecule has 0 spiro atoms. The van der Waals surface area contributed by atoms with Crippen LogP contribution in [0.25, 0.3) is 28.1 Å². The molecule has 0 aliphatic carbocycles. The molecule has 2 aromatic heterocycles. The van der Waals surface area contributed by atoms with Gasteiger partial charge < -0.3 is 10.1 Å². The number of benzene rings is 2. The quantitative estimate of drug-likeness (QED) is 0.563. The van der Waals surface area contributed by atoms with Crippen molar-refractivity contribution in [1.82, 2.24) is 19.7 Å². The number of aromatic nitrogens is 4. The Labute approximate surface area is 143 Å². The lowest BCUT2D eigenvalue weighted by Crippen LogP contribution is -2.03. The van der Waals surface area contributed by atoms with E-state index < -0.39 is 6.61 Å². The SMILES string of the molecule is Cc1nn(-c2ccccc2)cc1-c1nc2ccc(C(=O)CO)cc2[nH]1. The lowest BCUT2D eigenvalue weighted by atomic mass is 10.1. The fourth-order valence-electron chi connectivity index (χ4n) is 2.81. The predicted molar refractivity (Wildman–Crippen MR) is 94.8 cm³/mol. The van der Waals surface area contributed by atoms with E-state index in [9.17, 15) is 4.79 Å². The average molecular weight is 332 g/mol. The fourth-order valence-corrected chi connectivity index (χ4v) is 2.81. The van der Waals surface area contributed by atoms with Gasteiger partial charge in [-0.2, -0.15) is 5.10 Å². The Bertz CT molecular complexity index is 1060. The number of Topliss-reactive ketones (excluding diaryl/α,β-unsaturated/α-hetero) is 1. The third-order valence-corrected chi connectivity index (χ3v) is 4.12. The molecule has 4 rings (SSSR count). The number of carbonyl (C=O) groups excluding carboxylic acids is 1. The van der Waals surface area contributed by atoms with Crippen molar-refractivity contribution in [1.29, 1.82) is 0 Å². The first-order chi connectivity index (χ1) is 12.2. The molecule has 2 aromatic carbocycles. The minimum atomic E-state index is -0.505. The van der Waals surface area contributed by atoms with Crippen molar-refractivity contribution in [2.75, 3.05) is 6.61 Å². The number of rotatable bonds is 4. The highest BCUT2D eigenvalue weighted by molar-refractivity contribution is 5.99. The minimum absolute atomic E-state index is 0.314. The maximum Gasteiger partial charge on any atom is 0.188 e. The number of hydrogen-bond donors (Lipinski definition) is 2. The molecule has 6 heteroatoms. The van der Waals surface area contributed by atoms with Crippen molar-refractivity contribution < 1.29 is 9.90 Å². The zero-order valence-corrected chi connectivity index (χ0v) is 13.6. The van der Waals surface area contributed by atoms with E-state index >= 15 is 0 Å². The van der Waals surface area contributed by atoms with E-state index in [1.807, 2.05) is 48.1 Å². The maximum atomic E-state index is 11.7. The molecule has 0 fully saturated rings. The van der Waals surface area contributed by atoms with E-state index in [0.717, 1.165) is 28.0 Å². The van der Waals surface area contributed by atoms with Gasteiger partial charge in [-0.05, 0) is 37.3 Å². The molecule has 0 atom stereocenters. The van der Waals surface area contributed by atoms with Gasteiger partial charge in [0.25, 0.3) is 0 Å². The summed E-state index contributed by atoms with van der Waals surface area (Å²) in [5.74, 6) is 0.384. The number of H-pyrrole nitrogens is 1. The van der Waals surface area contributed by atoms with Crippen molar-refractivity contribution in [3.8, 4) is 17.1 Å². The van der Waals surface area contributed by atoms with Gasteiger partial charge in [0.2, 0.25) is 0 Å². The second-order valence-electron chi connectivity index (χ2n) is 5.81. The fraction of sp³-hybridized carbons (Fsp3) is 0.105. The molecule has 124 valence electrons. The number of aliphatic hydroxyl groups is 1. The molecule has 0 amide bonds. The Balaban J connectivity index is 1.77. The second kappa shape index (κ2) is 5.99. The number of aliphatic hydroxyl groups excluding tert-OH is 1. The van der Waals surface area contributed by atoms with Gasteiger partial charge in [-0.25, -0.2) is 9.67 Å². The van der Waals surface area contributed by atoms with E-state index in [-0.39, 0.29) is 5.78 Å². The van der Waals surface area contributed by atoms with E-state index in [2.05, 4.69) is 15.1 Å². The number of ketones is 1. The average Bonchev–Trinajstić information content (AvgIpc) is 3.24. The number of aromatic amines is 1. The summed E-state index contributed by atoms with van der Waals surface area (Å²) in [6, 6.07) is 15.0. The third kappa shape index (κ3) is 2.72. The van der Waals surface area contributed by atoms with Crippen molar-refractivity contribution in [2.45, 2.75) is 6.92 Å². The van der Waals surface area contributed by atoms with Gasteiger partial charge >= 0.3 is 0 Å². The molecule has 0 saturated heterocycles. The van der Waals surface area contributed by atoms with Crippen LogP contribution in [0.15, 0.2) is 54.7 Å².